The van der Waals surface area contributed by atoms with Crippen molar-refractivity contribution in [1.82, 2.24) is 5.32 Å². The lowest BCUT2D eigenvalue weighted by Gasteiger charge is -2.17. The van der Waals surface area contributed by atoms with Crippen LogP contribution in [-0.4, -0.2) is 13.6 Å². The molecule has 0 bridgehead atoms. The Morgan fingerprint density at radius 3 is 3.00 bits per heavy atom. The van der Waals surface area contributed by atoms with Crippen LogP contribution in [0.5, 0.6) is 0 Å². The lowest BCUT2D eigenvalue weighted by Crippen LogP contribution is -2.26. The van der Waals surface area contributed by atoms with Gasteiger partial charge in [-0.2, -0.15) is 0 Å². The van der Waals surface area contributed by atoms with E-state index in [0.29, 0.717) is 5.56 Å². The van der Waals surface area contributed by atoms with Gasteiger partial charge in [0.1, 0.15) is 5.58 Å². The molecule has 80 valence electrons. The van der Waals surface area contributed by atoms with Crippen LogP contribution in [0.15, 0.2) is 34.9 Å². The van der Waals surface area contributed by atoms with Gasteiger partial charge in [0.05, 0.1) is 6.26 Å². The molecule has 1 atom stereocenters. The van der Waals surface area contributed by atoms with Gasteiger partial charge >= 0.3 is 0 Å². The molecule has 2 nitrogen and oxygen atoms in total. The SMILES string of the molecule is CNCC(F)(Cl)c1ccc2occc2c1. The van der Waals surface area contributed by atoms with Crippen LogP contribution in [0.25, 0.3) is 11.0 Å². The number of rotatable bonds is 3. The van der Waals surface area contributed by atoms with E-state index in [2.05, 4.69) is 5.32 Å². The Labute approximate surface area is 92.0 Å². The highest BCUT2D eigenvalue weighted by Crippen LogP contribution is 2.32. The molecule has 1 N–H and O–H groups in total. The second-order valence-electron chi connectivity index (χ2n) is 3.41. The summed E-state index contributed by atoms with van der Waals surface area (Å²) >= 11 is 5.77. The van der Waals surface area contributed by atoms with E-state index in [0.717, 1.165) is 11.0 Å². The first-order valence-electron chi connectivity index (χ1n) is 4.63. The van der Waals surface area contributed by atoms with Gasteiger partial charge in [0.2, 0.25) is 5.13 Å². The third-order valence-electron chi connectivity index (χ3n) is 2.27. The summed E-state index contributed by atoms with van der Waals surface area (Å²) in [6, 6.07) is 6.83. The van der Waals surface area contributed by atoms with Crippen LogP contribution in [-0.2, 0) is 5.13 Å². The second-order valence-corrected chi connectivity index (χ2v) is 4.01. The molecule has 0 aliphatic rings. The molecule has 0 radical (unpaired) electrons. The number of benzene rings is 1. The molecule has 0 saturated heterocycles. The summed E-state index contributed by atoms with van der Waals surface area (Å²) in [6.45, 7) is 0.0674. The number of alkyl halides is 2. The fourth-order valence-electron chi connectivity index (χ4n) is 1.52. The molecule has 2 aromatic rings. The van der Waals surface area contributed by atoms with Crippen LogP contribution >= 0.6 is 11.6 Å². The predicted molar refractivity (Wildman–Crippen MR) is 58.8 cm³/mol. The predicted octanol–water partition coefficient (Wildman–Crippen LogP) is 3.01. The molecule has 0 fully saturated rings. The van der Waals surface area contributed by atoms with Gasteiger partial charge in [0, 0.05) is 17.5 Å². The topological polar surface area (TPSA) is 25.2 Å². The third kappa shape index (κ3) is 1.98. The van der Waals surface area contributed by atoms with E-state index in [4.69, 9.17) is 16.0 Å². The van der Waals surface area contributed by atoms with Crippen LogP contribution < -0.4 is 5.32 Å². The molecule has 0 spiro atoms. The van der Waals surface area contributed by atoms with Crippen molar-refractivity contribution in [2.45, 2.75) is 5.13 Å². The summed E-state index contributed by atoms with van der Waals surface area (Å²) in [5, 5.41) is 1.70. The number of nitrogens with one attached hydrogen (secondary N) is 1. The third-order valence-corrected chi connectivity index (χ3v) is 2.63. The van der Waals surface area contributed by atoms with Gasteiger partial charge in [0.15, 0.2) is 0 Å². The van der Waals surface area contributed by atoms with Crippen molar-refractivity contribution in [2.24, 2.45) is 0 Å². The Balaban J connectivity index is 2.42. The molecular weight excluding hydrogens is 217 g/mol. The molecule has 2 rings (SSSR count). The molecule has 0 aliphatic carbocycles. The molecule has 0 aliphatic heterocycles. The van der Waals surface area contributed by atoms with Crippen molar-refractivity contribution in [2.75, 3.05) is 13.6 Å². The Kier molecular flexibility index (Phi) is 2.67. The van der Waals surface area contributed by atoms with Crippen LogP contribution in [0.4, 0.5) is 4.39 Å². The summed E-state index contributed by atoms with van der Waals surface area (Å²) in [7, 11) is 1.66. The van der Waals surface area contributed by atoms with Crippen molar-refractivity contribution >= 4 is 22.6 Å². The summed E-state index contributed by atoms with van der Waals surface area (Å²) in [5.41, 5.74) is 1.17. The zero-order chi connectivity index (χ0) is 10.9. The van der Waals surface area contributed by atoms with Gasteiger partial charge in [-0.1, -0.05) is 17.7 Å². The maximum absolute atomic E-state index is 13.9. The van der Waals surface area contributed by atoms with Gasteiger partial charge < -0.3 is 9.73 Å². The van der Waals surface area contributed by atoms with Gasteiger partial charge in [-0.05, 0) is 25.2 Å². The number of likely N-dealkylation sites (N-methyl/N-ethyl adjacent to an activating group) is 1. The van der Waals surface area contributed by atoms with Crippen molar-refractivity contribution in [3.63, 3.8) is 0 Å². The fourth-order valence-corrected chi connectivity index (χ4v) is 1.77. The maximum atomic E-state index is 13.9. The van der Waals surface area contributed by atoms with Crippen molar-refractivity contribution < 1.29 is 8.81 Å². The van der Waals surface area contributed by atoms with Gasteiger partial charge in [0.25, 0.3) is 0 Å². The lowest BCUT2D eigenvalue weighted by molar-refractivity contribution is 0.278. The van der Waals surface area contributed by atoms with E-state index >= 15 is 0 Å². The molecule has 0 saturated carbocycles. The number of hydrogen-bond acceptors (Lipinski definition) is 2. The van der Waals surface area contributed by atoms with Gasteiger partial charge in [-0.15, -0.1) is 0 Å². The number of fused-ring (bicyclic) bond motifs is 1. The number of halogens is 2. The minimum absolute atomic E-state index is 0.0674. The molecule has 4 heteroatoms. The summed E-state index contributed by atoms with van der Waals surface area (Å²) < 4.78 is 19.1. The average Bonchev–Trinajstić information content (AvgIpc) is 2.63. The second kappa shape index (κ2) is 3.83. The first-order chi connectivity index (χ1) is 7.13. The normalized spacial score (nSPS) is 15.4. The van der Waals surface area contributed by atoms with E-state index in [1.807, 2.05) is 0 Å². The highest BCUT2D eigenvalue weighted by Gasteiger charge is 2.28. The minimum Gasteiger partial charge on any atom is -0.464 e. The summed E-state index contributed by atoms with van der Waals surface area (Å²) in [4.78, 5) is 0. The summed E-state index contributed by atoms with van der Waals surface area (Å²) in [6.07, 6.45) is 1.57. The van der Waals surface area contributed by atoms with E-state index in [9.17, 15) is 4.39 Å². The minimum atomic E-state index is -1.87. The molecule has 1 aromatic carbocycles. The fraction of sp³-hybridized carbons (Fsp3) is 0.273. The smallest absolute Gasteiger partial charge is 0.221 e. The van der Waals surface area contributed by atoms with E-state index in [1.54, 1.807) is 37.6 Å². The highest BCUT2D eigenvalue weighted by molar-refractivity contribution is 6.23. The monoisotopic (exact) mass is 227 g/mol. The number of furan rings is 1. The quantitative estimate of drug-likeness (QED) is 0.816. The van der Waals surface area contributed by atoms with Crippen LogP contribution in [0.2, 0.25) is 0 Å². The summed E-state index contributed by atoms with van der Waals surface area (Å²) in [5.74, 6) is 0. The van der Waals surface area contributed by atoms with Gasteiger partial charge in [-0.25, -0.2) is 4.39 Å². The molecular formula is C11H11ClFNO. The van der Waals surface area contributed by atoms with Crippen molar-refractivity contribution in [1.29, 1.82) is 0 Å². The van der Waals surface area contributed by atoms with E-state index < -0.39 is 5.13 Å². The van der Waals surface area contributed by atoms with Crippen molar-refractivity contribution in [3.05, 3.63) is 36.1 Å². The van der Waals surface area contributed by atoms with Crippen LogP contribution in [0.1, 0.15) is 5.56 Å². The van der Waals surface area contributed by atoms with Crippen LogP contribution in [0.3, 0.4) is 0 Å². The molecule has 1 unspecified atom stereocenters. The lowest BCUT2D eigenvalue weighted by atomic mass is 10.1. The Morgan fingerprint density at radius 2 is 2.27 bits per heavy atom. The standard InChI is InChI=1S/C11H11ClFNO/c1-14-7-11(12,13)9-2-3-10-8(6-9)4-5-15-10/h2-6,14H,7H2,1H3. The maximum Gasteiger partial charge on any atom is 0.221 e. The van der Waals surface area contributed by atoms with E-state index in [1.165, 1.54) is 0 Å². The first kappa shape index (κ1) is 10.5. The molecule has 0 amide bonds. The largest absolute Gasteiger partial charge is 0.464 e. The average molecular weight is 228 g/mol. The Hall–Kier alpha value is -1.06. The molecule has 15 heavy (non-hydrogen) atoms. The van der Waals surface area contributed by atoms with Crippen LogP contribution in [0, 0.1) is 0 Å². The highest BCUT2D eigenvalue weighted by atomic mass is 35.5. The zero-order valence-electron chi connectivity index (χ0n) is 8.26. The Bertz CT molecular complexity index is 466. The zero-order valence-corrected chi connectivity index (χ0v) is 9.01. The number of hydrogen-bond donors (Lipinski definition) is 1. The van der Waals surface area contributed by atoms with Crippen molar-refractivity contribution in [3.8, 4) is 0 Å². The molecule has 1 heterocycles. The Morgan fingerprint density at radius 1 is 1.47 bits per heavy atom. The molecule has 1 aromatic heterocycles. The van der Waals surface area contributed by atoms with E-state index in [-0.39, 0.29) is 6.54 Å². The van der Waals surface area contributed by atoms with Gasteiger partial charge in [-0.3, -0.25) is 0 Å². The first-order valence-corrected chi connectivity index (χ1v) is 5.01.